The van der Waals surface area contributed by atoms with Crippen LogP contribution in [0.1, 0.15) is 6.42 Å². The molecule has 0 bridgehead atoms. The zero-order chi connectivity index (χ0) is 8.27. The van der Waals surface area contributed by atoms with Gasteiger partial charge in [-0.3, -0.25) is 0 Å². The Morgan fingerprint density at radius 2 is 2.45 bits per heavy atom. The largest absolute Gasteiger partial charge is 0.478 e. The van der Waals surface area contributed by atoms with Crippen LogP contribution in [0.25, 0.3) is 0 Å². The number of epoxide rings is 1. The van der Waals surface area contributed by atoms with Crippen molar-refractivity contribution in [3.05, 3.63) is 24.3 Å². The molecule has 1 aliphatic rings. The topological polar surface area (TPSA) is 49.8 Å². The van der Waals surface area contributed by atoms with Crippen LogP contribution in [0.5, 0.6) is 0 Å². The Labute approximate surface area is 65.0 Å². The van der Waals surface area contributed by atoms with E-state index >= 15 is 0 Å². The summed E-state index contributed by atoms with van der Waals surface area (Å²) in [6.07, 6.45) is 3.63. The van der Waals surface area contributed by atoms with E-state index < -0.39 is 5.97 Å². The van der Waals surface area contributed by atoms with Crippen LogP contribution in [-0.2, 0) is 9.53 Å². The Bertz CT molecular complexity index is 201. The SMILES string of the molecule is C=CCC(=CC1CO1)C(=O)O. The van der Waals surface area contributed by atoms with Gasteiger partial charge in [-0.25, -0.2) is 4.79 Å². The van der Waals surface area contributed by atoms with Crippen LogP contribution in [0.4, 0.5) is 0 Å². The molecule has 1 unspecified atom stereocenters. The van der Waals surface area contributed by atoms with E-state index in [1.54, 1.807) is 12.2 Å². The van der Waals surface area contributed by atoms with Gasteiger partial charge in [0.25, 0.3) is 0 Å². The maximum Gasteiger partial charge on any atom is 0.331 e. The molecule has 1 atom stereocenters. The first-order valence-corrected chi connectivity index (χ1v) is 3.40. The number of carbonyl (C=O) groups is 1. The number of carboxylic acid groups (broad SMARTS) is 1. The minimum atomic E-state index is -0.889. The third-order valence-corrected chi connectivity index (χ3v) is 1.39. The fourth-order valence-electron chi connectivity index (χ4n) is 0.758. The van der Waals surface area contributed by atoms with Crippen LogP contribution in [0.2, 0.25) is 0 Å². The highest BCUT2D eigenvalue weighted by molar-refractivity contribution is 5.87. The van der Waals surface area contributed by atoms with Crippen LogP contribution in [0, 0.1) is 0 Å². The number of hydrogen-bond donors (Lipinski definition) is 1. The maximum absolute atomic E-state index is 10.5. The number of allylic oxidation sites excluding steroid dienone is 1. The van der Waals surface area contributed by atoms with Crippen LogP contribution in [0.3, 0.4) is 0 Å². The molecular formula is C8H10O3. The summed E-state index contributed by atoms with van der Waals surface area (Å²) in [7, 11) is 0. The molecule has 0 aromatic rings. The van der Waals surface area contributed by atoms with E-state index in [1.165, 1.54) is 0 Å². The average Bonchev–Trinajstić information content (AvgIpc) is 2.70. The van der Waals surface area contributed by atoms with Gasteiger partial charge in [-0.15, -0.1) is 6.58 Å². The Balaban J connectivity index is 2.55. The quantitative estimate of drug-likeness (QED) is 0.373. The van der Waals surface area contributed by atoms with E-state index in [9.17, 15) is 4.79 Å². The lowest BCUT2D eigenvalue weighted by Crippen LogP contribution is -2.00. The van der Waals surface area contributed by atoms with Crippen molar-refractivity contribution < 1.29 is 14.6 Å². The van der Waals surface area contributed by atoms with E-state index in [2.05, 4.69) is 6.58 Å². The minimum Gasteiger partial charge on any atom is -0.478 e. The third kappa shape index (κ3) is 2.55. The van der Waals surface area contributed by atoms with Gasteiger partial charge in [0.15, 0.2) is 0 Å². The van der Waals surface area contributed by atoms with Crippen molar-refractivity contribution in [2.24, 2.45) is 0 Å². The number of carboxylic acids is 1. The fraction of sp³-hybridized carbons (Fsp3) is 0.375. The smallest absolute Gasteiger partial charge is 0.331 e. The van der Waals surface area contributed by atoms with E-state index in [0.29, 0.717) is 18.6 Å². The molecule has 60 valence electrons. The molecule has 1 saturated heterocycles. The second kappa shape index (κ2) is 3.34. The molecule has 1 aliphatic heterocycles. The highest BCUT2D eigenvalue weighted by Gasteiger charge is 2.21. The molecule has 11 heavy (non-hydrogen) atoms. The lowest BCUT2D eigenvalue weighted by Gasteiger charge is -1.94. The second-order valence-electron chi connectivity index (χ2n) is 2.36. The van der Waals surface area contributed by atoms with Crippen molar-refractivity contribution in [2.45, 2.75) is 12.5 Å². The van der Waals surface area contributed by atoms with Gasteiger partial charge in [-0.2, -0.15) is 0 Å². The van der Waals surface area contributed by atoms with Crippen molar-refractivity contribution in [2.75, 3.05) is 6.61 Å². The Kier molecular flexibility index (Phi) is 2.44. The normalized spacial score (nSPS) is 22.9. The van der Waals surface area contributed by atoms with Crippen molar-refractivity contribution in [1.82, 2.24) is 0 Å². The van der Waals surface area contributed by atoms with Crippen LogP contribution in [-0.4, -0.2) is 23.8 Å². The number of hydrogen-bond acceptors (Lipinski definition) is 2. The summed E-state index contributed by atoms with van der Waals surface area (Å²) < 4.78 is 4.86. The number of rotatable bonds is 4. The van der Waals surface area contributed by atoms with Crippen LogP contribution < -0.4 is 0 Å². The second-order valence-corrected chi connectivity index (χ2v) is 2.36. The first-order valence-electron chi connectivity index (χ1n) is 3.40. The lowest BCUT2D eigenvalue weighted by molar-refractivity contribution is -0.132. The fourth-order valence-corrected chi connectivity index (χ4v) is 0.758. The molecule has 0 aromatic carbocycles. The highest BCUT2D eigenvalue weighted by Crippen LogP contribution is 2.14. The van der Waals surface area contributed by atoms with Gasteiger partial charge in [0, 0.05) is 5.57 Å². The molecule has 1 rings (SSSR count). The molecule has 0 aliphatic carbocycles. The standard InChI is InChI=1S/C8H10O3/c1-2-3-6(8(9)10)4-7-5-11-7/h2,4,7H,1,3,5H2,(H,9,10). The predicted octanol–water partition coefficient (Wildman–Crippen LogP) is 0.972. The van der Waals surface area contributed by atoms with Crippen LogP contribution in [0.15, 0.2) is 24.3 Å². The van der Waals surface area contributed by atoms with Gasteiger partial charge in [0.05, 0.1) is 12.7 Å². The zero-order valence-corrected chi connectivity index (χ0v) is 6.12. The molecule has 0 radical (unpaired) electrons. The van der Waals surface area contributed by atoms with Gasteiger partial charge in [0.1, 0.15) is 0 Å². The van der Waals surface area contributed by atoms with Gasteiger partial charge in [-0.1, -0.05) is 6.08 Å². The minimum absolute atomic E-state index is 0.0287. The van der Waals surface area contributed by atoms with Crippen molar-refractivity contribution in [1.29, 1.82) is 0 Å². The van der Waals surface area contributed by atoms with Crippen molar-refractivity contribution in [3.8, 4) is 0 Å². The Hall–Kier alpha value is -1.09. The van der Waals surface area contributed by atoms with E-state index in [4.69, 9.17) is 9.84 Å². The molecule has 0 aromatic heterocycles. The zero-order valence-electron chi connectivity index (χ0n) is 6.12. The molecular weight excluding hydrogens is 144 g/mol. The van der Waals surface area contributed by atoms with Gasteiger partial charge in [0.2, 0.25) is 0 Å². The van der Waals surface area contributed by atoms with Crippen molar-refractivity contribution in [3.63, 3.8) is 0 Å². The summed E-state index contributed by atoms with van der Waals surface area (Å²) in [6, 6.07) is 0. The summed E-state index contributed by atoms with van der Waals surface area (Å²) >= 11 is 0. The Morgan fingerprint density at radius 1 is 1.82 bits per heavy atom. The van der Waals surface area contributed by atoms with E-state index in [-0.39, 0.29) is 6.10 Å². The number of aliphatic carboxylic acids is 1. The van der Waals surface area contributed by atoms with Crippen molar-refractivity contribution >= 4 is 5.97 Å². The molecule has 3 nitrogen and oxygen atoms in total. The summed E-state index contributed by atoms with van der Waals surface area (Å²) in [5.41, 5.74) is 0.363. The van der Waals surface area contributed by atoms with Gasteiger partial charge >= 0.3 is 5.97 Å². The van der Waals surface area contributed by atoms with Gasteiger partial charge < -0.3 is 9.84 Å². The van der Waals surface area contributed by atoms with Crippen LogP contribution >= 0.6 is 0 Å². The molecule has 1 heterocycles. The first kappa shape index (κ1) is 8.01. The maximum atomic E-state index is 10.5. The lowest BCUT2D eigenvalue weighted by atomic mass is 10.1. The Morgan fingerprint density at radius 3 is 2.82 bits per heavy atom. The predicted molar refractivity (Wildman–Crippen MR) is 40.3 cm³/mol. The summed E-state index contributed by atoms with van der Waals surface area (Å²) in [6.45, 7) is 4.11. The molecule has 3 heteroatoms. The average molecular weight is 154 g/mol. The summed E-state index contributed by atoms with van der Waals surface area (Å²) in [5, 5.41) is 8.61. The first-order chi connectivity index (χ1) is 5.24. The van der Waals surface area contributed by atoms with E-state index in [0.717, 1.165) is 0 Å². The summed E-state index contributed by atoms with van der Waals surface area (Å²) in [5.74, 6) is -0.889. The highest BCUT2D eigenvalue weighted by atomic mass is 16.6. The van der Waals surface area contributed by atoms with E-state index in [1.807, 2.05) is 0 Å². The molecule has 0 saturated carbocycles. The monoisotopic (exact) mass is 154 g/mol. The molecule has 1 N–H and O–H groups in total. The number of ether oxygens (including phenoxy) is 1. The molecule has 1 fully saturated rings. The van der Waals surface area contributed by atoms with Gasteiger partial charge in [-0.05, 0) is 12.5 Å². The summed E-state index contributed by atoms with van der Waals surface area (Å²) in [4.78, 5) is 10.5. The molecule has 0 amide bonds. The molecule has 0 spiro atoms. The third-order valence-electron chi connectivity index (χ3n) is 1.39.